The molecule has 1 heterocycles. The molecule has 2 N–H and O–H groups in total. The van der Waals surface area contributed by atoms with Gasteiger partial charge in [0, 0.05) is 19.1 Å². The Hall–Kier alpha value is -1.60. The molecule has 3 rings (SSSR count). The van der Waals surface area contributed by atoms with E-state index in [1.165, 1.54) is 12.1 Å². The second kappa shape index (κ2) is 6.49. The minimum atomic E-state index is -3.72. The van der Waals surface area contributed by atoms with E-state index in [0.29, 0.717) is 5.69 Å². The molecule has 1 saturated carbocycles. The van der Waals surface area contributed by atoms with Crippen LogP contribution in [0.15, 0.2) is 23.1 Å². The van der Waals surface area contributed by atoms with Crippen LogP contribution >= 0.6 is 0 Å². The molecule has 0 aromatic heterocycles. The number of nitrogens with one attached hydrogen (secondary N) is 1. The molecule has 1 saturated heterocycles. The van der Waals surface area contributed by atoms with Crippen molar-refractivity contribution in [3.63, 3.8) is 0 Å². The molecule has 0 bridgehead atoms. The summed E-state index contributed by atoms with van der Waals surface area (Å²) in [6, 6.07) is 4.34. The van der Waals surface area contributed by atoms with Gasteiger partial charge in [0.1, 0.15) is 4.90 Å². The lowest BCUT2D eigenvalue weighted by Crippen LogP contribution is -2.34. The highest BCUT2D eigenvalue weighted by atomic mass is 32.2. The Morgan fingerprint density at radius 2 is 1.78 bits per heavy atom. The second-order valence-electron chi connectivity index (χ2n) is 6.28. The molecule has 0 atom stereocenters. The lowest BCUT2D eigenvalue weighted by molar-refractivity contribution is 0.0696. The highest BCUT2D eigenvalue weighted by molar-refractivity contribution is 7.89. The first-order valence-electron chi connectivity index (χ1n) is 8.12. The maximum Gasteiger partial charge on any atom is 0.335 e. The van der Waals surface area contributed by atoms with Gasteiger partial charge in [0.05, 0.1) is 11.3 Å². The van der Waals surface area contributed by atoms with Crippen molar-refractivity contribution in [1.82, 2.24) is 4.72 Å². The van der Waals surface area contributed by atoms with E-state index < -0.39 is 16.0 Å². The number of aromatic carboxylic acids is 1. The van der Waals surface area contributed by atoms with Gasteiger partial charge in [0.25, 0.3) is 0 Å². The predicted octanol–water partition coefficient (Wildman–Crippen LogP) is 2.21. The van der Waals surface area contributed by atoms with Gasteiger partial charge in [0.15, 0.2) is 0 Å². The van der Waals surface area contributed by atoms with Crippen LogP contribution in [-0.4, -0.2) is 38.6 Å². The molecule has 1 aromatic rings. The molecule has 126 valence electrons. The van der Waals surface area contributed by atoms with Crippen molar-refractivity contribution < 1.29 is 18.3 Å². The molecule has 1 aliphatic carbocycles. The van der Waals surface area contributed by atoms with Crippen molar-refractivity contribution in [2.45, 2.75) is 49.5 Å². The Labute approximate surface area is 136 Å². The summed E-state index contributed by atoms with van der Waals surface area (Å²) in [6.07, 6.45) is 5.79. The van der Waals surface area contributed by atoms with Crippen LogP contribution < -0.4 is 9.62 Å². The van der Waals surface area contributed by atoms with E-state index in [2.05, 4.69) is 4.72 Å². The van der Waals surface area contributed by atoms with E-state index in [0.717, 1.165) is 51.6 Å². The lowest BCUT2D eigenvalue weighted by Gasteiger charge is -2.23. The minimum absolute atomic E-state index is 0.000237. The highest BCUT2D eigenvalue weighted by Gasteiger charge is 2.28. The van der Waals surface area contributed by atoms with Gasteiger partial charge in [-0.3, -0.25) is 0 Å². The molecule has 0 amide bonds. The molecular formula is C16H22N2O4S. The average Bonchev–Trinajstić information content (AvgIpc) is 3.19. The lowest BCUT2D eigenvalue weighted by atomic mass is 10.2. The van der Waals surface area contributed by atoms with Gasteiger partial charge >= 0.3 is 5.97 Å². The van der Waals surface area contributed by atoms with Crippen molar-refractivity contribution in [3.8, 4) is 0 Å². The predicted molar refractivity (Wildman–Crippen MR) is 87.4 cm³/mol. The minimum Gasteiger partial charge on any atom is -0.478 e. The molecule has 0 unspecified atom stereocenters. The third kappa shape index (κ3) is 3.50. The Bertz CT molecular complexity index is 690. The largest absolute Gasteiger partial charge is 0.478 e. The normalized spacial score (nSPS) is 19.4. The van der Waals surface area contributed by atoms with Gasteiger partial charge in [-0.05, 0) is 43.9 Å². The van der Waals surface area contributed by atoms with Gasteiger partial charge in [-0.1, -0.05) is 12.8 Å². The van der Waals surface area contributed by atoms with Crippen LogP contribution in [0.3, 0.4) is 0 Å². The van der Waals surface area contributed by atoms with Crippen molar-refractivity contribution in [3.05, 3.63) is 23.8 Å². The van der Waals surface area contributed by atoms with Crippen LogP contribution in [0.5, 0.6) is 0 Å². The van der Waals surface area contributed by atoms with E-state index >= 15 is 0 Å². The Morgan fingerprint density at radius 1 is 1.13 bits per heavy atom. The zero-order valence-electron chi connectivity index (χ0n) is 13.0. The maximum atomic E-state index is 12.8. The molecule has 2 aliphatic rings. The van der Waals surface area contributed by atoms with E-state index in [1.807, 2.05) is 4.90 Å². The number of rotatable bonds is 5. The molecule has 7 heteroatoms. The van der Waals surface area contributed by atoms with Crippen LogP contribution in [0.4, 0.5) is 5.69 Å². The Morgan fingerprint density at radius 3 is 2.39 bits per heavy atom. The summed E-state index contributed by atoms with van der Waals surface area (Å²) >= 11 is 0. The first-order valence-corrected chi connectivity index (χ1v) is 9.60. The van der Waals surface area contributed by atoms with Crippen molar-refractivity contribution >= 4 is 21.7 Å². The molecular weight excluding hydrogens is 316 g/mol. The third-order valence-electron chi connectivity index (χ3n) is 4.62. The van der Waals surface area contributed by atoms with E-state index in [4.69, 9.17) is 0 Å². The fourth-order valence-electron chi connectivity index (χ4n) is 3.41. The summed E-state index contributed by atoms with van der Waals surface area (Å²) in [5, 5.41) is 9.19. The number of hydrogen-bond donors (Lipinski definition) is 2. The van der Waals surface area contributed by atoms with Gasteiger partial charge in [-0.2, -0.15) is 0 Å². The molecule has 0 radical (unpaired) electrons. The van der Waals surface area contributed by atoms with Crippen molar-refractivity contribution in [1.29, 1.82) is 0 Å². The smallest absolute Gasteiger partial charge is 0.335 e. The standard InChI is InChI=1S/C16H22N2O4S/c19-16(20)12-7-8-14(18-9-3-4-10-18)15(11-12)23(21,22)17-13-5-1-2-6-13/h7-8,11,13,17H,1-6,9-10H2,(H,19,20). The van der Waals surface area contributed by atoms with Crippen LogP contribution in [0.2, 0.25) is 0 Å². The molecule has 1 aliphatic heterocycles. The average molecular weight is 338 g/mol. The van der Waals surface area contributed by atoms with Crippen LogP contribution in [-0.2, 0) is 10.0 Å². The molecule has 0 spiro atoms. The number of hydrogen-bond acceptors (Lipinski definition) is 4. The first-order chi connectivity index (χ1) is 11.0. The van der Waals surface area contributed by atoms with Crippen LogP contribution in [0.1, 0.15) is 48.9 Å². The topological polar surface area (TPSA) is 86.7 Å². The zero-order valence-corrected chi connectivity index (χ0v) is 13.8. The fourth-order valence-corrected chi connectivity index (χ4v) is 4.96. The highest BCUT2D eigenvalue weighted by Crippen LogP contribution is 2.30. The summed E-state index contributed by atoms with van der Waals surface area (Å²) in [5.41, 5.74) is 0.609. The quantitative estimate of drug-likeness (QED) is 0.859. The maximum absolute atomic E-state index is 12.8. The fraction of sp³-hybridized carbons (Fsp3) is 0.562. The third-order valence-corrected chi connectivity index (χ3v) is 6.17. The van der Waals surface area contributed by atoms with Gasteiger partial charge in [-0.25, -0.2) is 17.9 Å². The number of nitrogens with zero attached hydrogens (tertiary/aromatic N) is 1. The zero-order chi connectivity index (χ0) is 16.4. The monoisotopic (exact) mass is 338 g/mol. The summed E-state index contributed by atoms with van der Waals surface area (Å²) in [6.45, 7) is 1.61. The van der Waals surface area contributed by atoms with Gasteiger partial charge in [-0.15, -0.1) is 0 Å². The van der Waals surface area contributed by atoms with Crippen molar-refractivity contribution in [2.75, 3.05) is 18.0 Å². The second-order valence-corrected chi connectivity index (χ2v) is 7.97. The molecule has 23 heavy (non-hydrogen) atoms. The molecule has 1 aromatic carbocycles. The number of sulfonamides is 1. The van der Waals surface area contributed by atoms with E-state index in [-0.39, 0.29) is 16.5 Å². The number of carbonyl (C=O) groups is 1. The number of carboxylic acids is 1. The number of carboxylic acid groups (broad SMARTS) is 1. The number of anilines is 1. The van der Waals surface area contributed by atoms with E-state index in [1.54, 1.807) is 6.07 Å². The number of benzene rings is 1. The molecule has 6 nitrogen and oxygen atoms in total. The summed E-state index contributed by atoms with van der Waals surface area (Å²) < 4.78 is 28.4. The SMILES string of the molecule is O=C(O)c1ccc(N2CCCC2)c(S(=O)(=O)NC2CCCC2)c1. The summed E-state index contributed by atoms with van der Waals surface area (Å²) in [4.78, 5) is 13.3. The molecule has 2 fully saturated rings. The van der Waals surface area contributed by atoms with Gasteiger partial charge in [0.2, 0.25) is 10.0 Å². The summed E-state index contributed by atoms with van der Waals surface area (Å²) in [5.74, 6) is -1.12. The Kier molecular flexibility index (Phi) is 4.59. The first kappa shape index (κ1) is 16.3. The Balaban J connectivity index is 1.99. The van der Waals surface area contributed by atoms with Crippen molar-refractivity contribution in [2.24, 2.45) is 0 Å². The van der Waals surface area contributed by atoms with E-state index in [9.17, 15) is 18.3 Å². The summed E-state index contributed by atoms with van der Waals surface area (Å²) in [7, 11) is -3.72. The van der Waals surface area contributed by atoms with Crippen LogP contribution in [0.25, 0.3) is 0 Å². The van der Waals surface area contributed by atoms with Gasteiger partial charge < -0.3 is 10.0 Å². The van der Waals surface area contributed by atoms with Crippen LogP contribution in [0, 0.1) is 0 Å².